The lowest BCUT2D eigenvalue weighted by Gasteiger charge is -2.29. The summed E-state index contributed by atoms with van der Waals surface area (Å²) in [5, 5.41) is 3.53. The molecule has 98 valence electrons. The van der Waals surface area contributed by atoms with E-state index in [9.17, 15) is 0 Å². The van der Waals surface area contributed by atoms with Gasteiger partial charge in [0.05, 0.1) is 6.33 Å². The van der Waals surface area contributed by atoms with Crippen LogP contribution in [0.5, 0.6) is 0 Å². The van der Waals surface area contributed by atoms with E-state index in [2.05, 4.69) is 37.9 Å². The first-order chi connectivity index (χ1) is 8.33. The molecule has 0 atom stereocenters. The molecule has 1 aliphatic rings. The summed E-state index contributed by atoms with van der Waals surface area (Å²) in [5.41, 5.74) is 1.66. The summed E-state index contributed by atoms with van der Waals surface area (Å²) in [6.45, 7) is 0. The van der Waals surface area contributed by atoms with Crippen molar-refractivity contribution in [2.45, 2.75) is 31.2 Å². The van der Waals surface area contributed by atoms with Crippen LogP contribution in [0.3, 0.4) is 0 Å². The minimum atomic E-state index is 0. The van der Waals surface area contributed by atoms with E-state index in [0.717, 1.165) is 29.9 Å². The van der Waals surface area contributed by atoms with Crippen LogP contribution < -0.4 is 5.32 Å². The number of fused-ring (bicyclic) bond motifs is 1. The number of nitrogens with one attached hydrogen (secondary N) is 2. The molecule has 2 aromatic heterocycles. The minimum absolute atomic E-state index is 0. The molecule has 0 spiro atoms. The van der Waals surface area contributed by atoms with Gasteiger partial charge in [0, 0.05) is 11.3 Å². The Balaban J connectivity index is 0.00000120. The number of nitrogens with zero attached hydrogens (tertiary/aromatic N) is 3. The van der Waals surface area contributed by atoms with E-state index in [1.807, 2.05) is 0 Å². The zero-order valence-corrected chi connectivity index (χ0v) is 11.6. The van der Waals surface area contributed by atoms with Crippen LogP contribution in [0.4, 0.5) is 5.82 Å². The van der Waals surface area contributed by atoms with Gasteiger partial charge in [-0.1, -0.05) is 12.8 Å². The zero-order chi connectivity index (χ0) is 11.7. The highest BCUT2D eigenvalue weighted by atomic mass is 35.5. The Kier molecular flexibility index (Phi) is 3.97. The second-order valence-electron chi connectivity index (χ2n) is 4.59. The number of H-pyrrole nitrogens is 1. The summed E-state index contributed by atoms with van der Waals surface area (Å²) in [7, 11) is 0. The second-order valence-corrected chi connectivity index (χ2v) is 4.91. The molecule has 1 fully saturated rings. The summed E-state index contributed by atoms with van der Waals surface area (Å²) in [4.78, 5) is 15.6. The number of hydrogen-bond donors (Lipinski definition) is 3. The van der Waals surface area contributed by atoms with E-state index in [0.29, 0.717) is 5.65 Å². The summed E-state index contributed by atoms with van der Waals surface area (Å²) in [5.74, 6) is 1.66. The van der Waals surface area contributed by atoms with E-state index < -0.39 is 0 Å². The molecule has 0 amide bonds. The Labute approximate surface area is 117 Å². The summed E-state index contributed by atoms with van der Waals surface area (Å²) >= 11 is 4.48. The lowest BCUT2D eigenvalue weighted by molar-refractivity contribution is 0.543. The SMILES string of the molecule is Cl.SCC1(Nc2ncnc3nc[nH]c23)CCCC1. The molecule has 2 aromatic rings. The third-order valence-electron chi connectivity index (χ3n) is 3.47. The van der Waals surface area contributed by atoms with Gasteiger partial charge in [-0.05, 0) is 12.8 Å². The average Bonchev–Trinajstić information content (AvgIpc) is 2.98. The molecule has 0 aliphatic heterocycles. The largest absolute Gasteiger partial charge is 0.362 e. The van der Waals surface area contributed by atoms with Crippen LogP contribution in [0.1, 0.15) is 25.7 Å². The van der Waals surface area contributed by atoms with Crippen molar-refractivity contribution in [3.63, 3.8) is 0 Å². The minimum Gasteiger partial charge on any atom is -0.362 e. The van der Waals surface area contributed by atoms with Crippen LogP contribution in [0.25, 0.3) is 11.2 Å². The molecule has 2 heterocycles. The smallest absolute Gasteiger partial charge is 0.182 e. The Morgan fingerprint density at radius 3 is 2.78 bits per heavy atom. The quantitative estimate of drug-likeness (QED) is 0.758. The second kappa shape index (κ2) is 5.32. The van der Waals surface area contributed by atoms with Crippen molar-refractivity contribution >= 4 is 42.0 Å². The summed E-state index contributed by atoms with van der Waals surface area (Å²) in [6, 6.07) is 0. The highest BCUT2D eigenvalue weighted by molar-refractivity contribution is 7.80. The molecule has 18 heavy (non-hydrogen) atoms. The van der Waals surface area contributed by atoms with E-state index >= 15 is 0 Å². The van der Waals surface area contributed by atoms with Gasteiger partial charge < -0.3 is 10.3 Å². The Hall–Kier alpha value is -1.01. The van der Waals surface area contributed by atoms with Crippen molar-refractivity contribution in [1.29, 1.82) is 0 Å². The topological polar surface area (TPSA) is 66.5 Å². The van der Waals surface area contributed by atoms with Crippen molar-refractivity contribution in [3.8, 4) is 0 Å². The van der Waals surface area contributed by atoms with E-state index in [1.165, 1.54) is 12.8 Å². The number of thiol groups is 1. The molecule has 0 radical (unpaired) electrons. The summed E-state index contributed by atoms with van der Waals surface area (Å²) < 4.78 is 0. The van der Waals surface area contributed by atoms with Crippen LogP contribution >= 0.6 is 25.0 Å². The van der Waals surface area contributed by atoms with Crippen LogP contribution in [-0.4, -0.2) is 31.2 Å². The van der Waals surface area contributed by atoms with Gasteiger partial charge >= 0.3 is 0 Å². The molecule has 1 saturated carbocycles. The van der Waals surface area contributed by atoms with Gasteiger partial charge in [0.2, 0.25) is 0 Å². The molecule has 0 bridgehead atoms. The summed E-state index contributed by atoms with van der Waals surface area (Å²) in [6.07, 6.45) is 8.00. The number of halogens is 1. The fourth-order valence-corrected chi connectivity index (χ4v) is 2.88. The van der Waals surface area contributed by atoms with Crippen molar-refractivity contribution in [2.75, 3.05) is 11.1 Å². The lowest BCUT2D eigenvalue weighted by atomic mass is 10.0. The Morgan fingerprint density at radius 2 is 2.06 bits per heavy atom. The highest BCUT2D eigenvalue weighted by Crippen LogP contribution is 2.34. The molecule has 5 nitrogen and oxygen atoms in total. The predicted octanol–water partition coefficient (Wildman–Crippen LogP) is 2.43. The number of aromatic nitrogens is 4. The third kappa shape index (κ3) is 2.27. The third-order valence-corrected chi connectivity index (χ3v) is 4.08. The van der Waals surface area contributed by atoms with E-state index in [1.54, 1.807) is 12.7 Å². The number of aromatic amines is 1. The van der Waals surface area contributed by atoms with Gasteiger partial charge in [0.1, 0.15) is 11.8 Å². The maximum absolute atomic E-state index is 4.48. The molecule has 7 heteroatoms. The van der Waals surface area contributed by atoms with Gasteiger partial charge in [-0.3, -0.25) is 0 Å². The molecule has 3 rings (SSSR count). The van der Waals surface area contributed by atoms with Crippen molar-refractivity contribution in [1.82, 2.24) is 19.9 Å². The Bertz CT molecular complexity index is 523. The van der Waals surface area contributed by atoms with Crippen molar-refractivity contribution in [2.24, 2.45) is 0 Å². The van der Waals surface area contributed by atoms with Crippen molar-refractivity contribution < 1.29 is 0 Å². The lowest BCUT2D eigenvalue weighted by Crippen LogP contribution is -2.37. The van der Waals surface area contributed by atoms with Crippen LogP contribution in [0.2, 0.25) is 0 Å². The van der Waals surface area contributed by atoms with Gasteiger partial charge in [-0.2, -0.15) is 12.6 Å². The molecule has 2 N–H and O–H groups in total. The monoisotopic (exact) mass is 285 g/mol. The van der Waals surface area contributed by atoms with Gasteiger partial charge in [-0.25, -0.2) is 15.0 Å². The van der Waals surface area contributed by atoms with Crippen LogP contribution in [0.15, 0.2) is 12.7 Å². The number of anilines is 1. The molecule has 1 aliphatic carbocycles. The predicted molar refractivity (Wildman–Crippen MR) is 77.6 cm³/mol. The highest BCUT2D eigenvalue weighted by Gasteiger charge is 2.33. The van der Waals surface area contributed by atoms with E-state index in [4.69, 9.17) is 0 Å². The first-order valence-electron chi connectivity index (χ1n) is 5.86. The molecule has 0 aromatic carbocycles. The zero-order valence-electron chi connectivity index (χ0n) is 9.89. The van der Waals surface area contributed by atoms with Crippen LogP contribution in [0, 0.1) is 0 Å². The normalized spacial score (nSPS) is 17.6. The first kappa shape index (κ1) is 13.4. The first-order valence-corrected chi connectivity index (χ1v) is 6.49. The maximum atomic E-state index is 4.48. The number of imidazole rings is 1. The fraction of sp³-hybridized carbons (Fsp3) is 0.545. The number of rotatable bonds is 3. The van der Waals surface area contributed by atoms with Gasteiger partial charge in [0.15, 0.2) is 11.5 Å². The molecular formula is C11H16ClN5S. The Morgan fingerprint density at radius 1 is 1.28 bits per heavy atom. The van der Waals surface area contributed by atoms with Gasteiger partial charge in [0.25, 0.3) is 0 Å². The fourth-order valence-electron chi connectivity index (χ4n) is 2.49. The molecule has 0 unspecified atom stereocenters. The number of hydrogen-bond acceptors (Lipinski definition) is 5. The van der Waals surface area contributed by atoms with E-state index in [-0.39, 0.29) is 17.9 Å². The molecule has 0 saturated heterocycles. The van der Waals surface area contributed by atoms with Crippen molar-refractivity contribution in [3.05, 3.63) is 12.7 Å². The standard InChI is InChI=1S/C11H15N5S.ClH/c17-5-11(3-1-2-4-11)16-10-8-9(13-6-12-8)14-7-15-10;/h6-7,17H,1-5H2,(H2,12,13,14,15,16);1H. The maximum Gasteiger partial charge on any atom is 0.182 e. The van der Waals surface area contributed by atoms with Gasteiger partial charge in [-0.15, -0.1) is 12.4 Å². The molecular weight excluding hydrogens is 270 g/mol. The van der Waals surface area contributed by atoms with Crippen LogP contribution in [-0.2, 0) is 0 Å². The average molecular weight is 286 g/mol.